The fourth-order valence-electron chi connectivity index (χ4n) is 2.59. The van der Waals surface area contributed by atoms with Crippen molar-refractivity contribution < 1.29 is 0 Å². The number of hydrogen-bond donors (Lipinski definition) is 1. The van der Waals surface area contributed by atoms with E-state index in [1.165, 1.54) is 29.5 Å². The van der Waals surface area contributed by atoms with E-state index in [9.17, 15) is 0 Å². The molecule has 0 saturated heterocycles. The first-order valence-electron chi connectivity index (χ1n) is 8.06. The fraction of sp³-hybridized carbons (Fsp3) is 0.400. The van der Waals surface area contributed by atoms with E-state index >= 15 is 0 Å². The third-order valence-corrected chi connectivity index (χ3v) is 4.17. The molecular formula is C20H27N. The zero-order chi connectivity index (χ0) is 15.1. The number of rotatable bonds is 7. The topological polar surface area (TPSA) is 12.0 Å². The van der Waals surface area contributed by atoms with Gasteiger partial charge < -0.3 is 5.32 Å². The fourth-order valence-corrected chi connectivity index (χ4v) is 2.59. The molecule has 1 heteroatoms. The molecule has 21 heavy (non-hydrogen) atoms. The summed E-state index contributed by atoms with van der Waals surface area (Å²) in [6, 6.07) is 20.0. The highest BCUT2D eigenvalue weighted by Crippen LogP contribution is 2.19. The van der Waals surface area contributed by atoms with Crippen LogP contribution >= 0.6 is 0 Å². The summed E-state index contributed by atoms with van der Waals surface area (Å²) in [5, 5.41) is 3.62. The molecule has 0 saturated carbocycles. The lowest BCUT2D eigenvalue weighted by atomic mass is 10.00. The van der Waals surface area contributed by atoms with Crippen molar-refractivity contribution in [2.75, 3.05) is 0 Å². The van der Waals surface area contributed by atoms with Crippen LogP contribution in [0.25, 0.3) is 11.1 Å². The Labute approximate surface area is 129 Å². The van der Waals surface area contributed by atoms with Crippen LogP contribution in [0.4, 0.5) is 0 Å². The van der Waals surface area contributed by atoms with E-state index in [1.807, 2.05) is 0 Å². The van der Waals surface area contributed by atoms with Crippen molar-refractivity contribution in [1.29, 1.82) is 0 Å². The molecule has 0 bridgehead atoms. The van der Waals surface area contributed by atoms with Gasteiger partial charge in [-0.05, 0) is 36.0 Å². The first-order valence-corrected chi connectivity index (χ1v) is 8.06. The van der Waals surface area contributed by atoms with E-state index in [0.717, 1.165) is 12.5 Å². The Balaban J connectivity index is 1.88. The molecule has 0 heterocycles. The summed E-state index contributed by atoms with van der Waals surface area (Å²) in [7, 11) is 0. The molecule has 2 unspecified atom stereocenters. The zero-order valence-corrected chi connectivity index (χ0v) is 13.5. The van der Waals surface area contributed by atoms with E-state index in [-0.39, 0.29) is 0 Å². The molecule has 0 aliphatic carbocycles. The predicted molar refractivity (Wildman–Crippen MR) is 92.3 cm³/mol. The van der Waals surface area contributed by atoms with Crippen molar-refractivity contribution in [3.63, 3.8) is 0 Å². The Morgan fingerprint density at radius 1 is 0.857 bits per heavy atom. The minimum atomic E-state index is 0.578. The molecule has 2 aromatic rings. The summed E-state index contributed by atoms with van der Waals surface area (Å²) in [6.07, 6.45) is 2.51. The van der Waals surface area contributed by atoms with Gasteiger partial charge in [0.1, 0.15) is 0 Å². The molecule has 0 aromatic heterocycles. The van der Waals surface area contributed by atoms with Crippen LogP contribution in [-0.4, -0.2) is 6.04 Å². The normalized spacial score (nSPS) is 13.9. The van der Waals surface area contributed by atoms with E-state index in [4.69, 9.17) is 0 Å². The van der Waals surface area contributed by atoms with E-state index in [2.05, 4.69) is 80.7 Å². The molecular weight excluding hydrogens is 254 g/mol. The van der Waals surface area contributed by atoms with Gasteiger partial charge in [0.05, 0.1) is 0 Å². The van der Waals surface area contributed by atoms with Crippen LogP contribution in [0.3, 0.4) is 0 Å². The summed E-state index contributed by atoms with van der Waals surface area (Å²) in [4.78, 5) is 0. The number of hydrogen-bond acceptors (Lipinski definition) is 1. The van der Waals surface area contributed by atoms with Crippen molar-refractivity contribution in [1.82, 2.24) is 5.32 Å². The van der Waals surface area contributed by atoms with Crippen molar-refractivity contribution in [2.45, 2.75) is 46.2 Å². The lowest BCUT2D eigenvalue weighted by Gasteiger charge is -2.17. The van der Waals surface area contributed by atoms with Gasteiger partial charge in [0.25, 0.3) is 0 Å². The van der Waals surface area contributed by atoms with Crippen LogP contribution in [0.15, 0.2) is 54.6 Å². The summed E-state index contributed by atoms with van der Waals surface area (Å²) in [5.41, 5.74) is 3.92. The van der Waals surface area contributed by atoms with Gasteiger partial charge in [0.2, 0.25) is 0 Å². The molecule has 2 atom stereocenters. The minimum absolute atomic E-state index is 0.578. The molecule has 0 spiro atoms. The number of benzene rings is 2. The predicted octanol–water partition coefficient (Wildman–Crippen LogP) is 5.27. The summed E-state index contributed by atoms with van der Waals surface area (Å²) in [5.74, 6) is 0.799. The van der Waals surface area contributed by atoms with Gasteiger partial charge in [-0.15, -0.1) is 0 Å². The van der Waals surface area contributed by atoms with Crippen molar-refractivity contribution in [3.8, 4) is 11.1 Å². The smallest absolute Gasteiger partial charge is 0.0207 e. The summed E-state index contributed by atoms with van der Waals surface area (Å²) >= 11 is 0. The van der Waals surface area contributed by atoms with Gasteiger partial charge >= 0.3 is 0 Å². The Morgan fingerprint density at radius 2 is 1.48 bits per heavy atom. The third kappa shape index (κ3) is 5.02. The Hall–Kier alpha value is -1.60. The maximum atomic E-state index is 3.62. The number of nitrogens with one attached hydrogen (secondary N) is 1. The quantitative estimate of drug-likeness (QED) is 0.729. The first kappa shape index (κ1) is 15.8. The largest absolute Gasteiger partial charge is 0.310 e. The highest BCUT2D eigenvalue weighted by molar-refractivity contribution is 5.63. The monoisotopic (exact) mass is 281 g/mol. The van der Waals surface area contributed by atoms with Gasteiger partial charge in [-0.25, -0.2) is 0 Å². The van der Waals surface area contributed by atoms with Gasteiger partial charge in [0.15, 0.2) is 0 Å². The van der Waals surface area contributed by atoms with E-state index in [1.54, 1.807) is 0 Å². The minimum Gasteiger partial charge on any atom is -0.310 e. The van der Waals surface area contributed by atoms with Gasteiger partial charge in [-0.1, -0.05) is 74.9 Å². The molecule has 0 radical (unpaired) electrons. The average molecular weight is 281 g/mol. The average Bonchev–Trinajstić information content (AvgIpc) is 2.54. The van der Waals surface area contributed by atoms with Crippen LogP contribution < -0.4 is 5.32 Å². The van der Waals surface area contributed by atoms with E-state index in [0.29, 0.717) is 6.04 Å². The Morgan fingerprint density at radius 3 is 2.10 bits per heavy atom. The van der Waals surface area contributed by atoms with Crippen LogP contribution in [0, 0.1) is 5.92 Å². The second kappa shape index (κ2) is 7.99. The first-order chi connectivity index (χ1) is 10.2. The second-order valence-electron chi connectivity index (χ2n) is 6.09. The Bertz CT molecular complexity index is 515. The second-order valence-corrected chi connectivity index (χ2v) is 6.09. The van der Waals surface area contributed by atoms with Gasteiger partial charge in [-0.2, -0.15) is 0 Å². The van der Waals surface area contributed by atoms with Gasteiger partial charge in [0, 0.05) is 12.6 Å². The molecule has 0 aliphatic rings. The maximum absolute atomic E-state index is 3.62. The van der Waals surface area contributed by atoms with Crippen LogP contribution in [0.2, 0.25) is 0 Å². The van der Waals surface area contributed by atoms with Crippen molar-refractivity contribution in [2.24, 2.45) is 5.92 Å². The van der Waals surface area contributed by atoms with Crippen molar-refractivity contribution >= 4 is 0 Å². The van der Waals surface area contributed by atoms with Crippen LogP contribution in [0.1, 0.15) is 39.2 Å². The lowest BCUT2D eigenvalue weighted by Crippen LogP contribution is -2.27. The standard InChI is InChI=1S/C20H27N/c1-4-16(2)14-17(3)21-15-18-10-12-20(13-11-18)19-8-6-5-7-9-19/h5-13,16-17,21H,4,14-15H2,1-3H3. The molecule has 1 N–H and O–H groups in total. The maximum Gasteiger partial charge on any atom is 0.0207 e. The SMILES string of the molecule is CCC(C)CC(C)NCc1ccc(-c2ccccc2)cc1. The van der Waals surface area contributed by atoms with Crippen LogP contribution in [0.5, 0.6) is 0 Å². The third-order valence-electron chi connectivity index (χ3n) is 4.17. The molecule has 2 aromatic carbocycles. The zero-order valence-electron chi connectivity index (χ0n) is 13.5. The summed E-state index contributed by atoms with van der Waals surface area (Å²) in [6.45, 7) is 7.82. The van der Waals surface area contributed by atoms with E-state index < -0.39 is 0 Å². The Kier molecular flexibility index (Phi) is 6.01. The molecule has 0 fully saturated rings. The molecule has 1 nitrogen and oxygen atoms in total. The molecule has 0 amide bonds. The molecule has 0 aliphatic heterocycles. The van der Waals surface area contributed by atoms with Crippen molar-refractivity contribution in [3.05, 3.63) is 60.2 Å². The highest BCUT2D eigenvalue weighted by Gasteiger charge is 2.06. The summed E-state index contributed by atoms with van der Waals surface area (Å²) < 4.78 is 0. The highest BCUT2D eigenvalue weighted by atomic mass is 14.9. The van der Waals surface area contributed by atoms with Gasteiger partial charge in [-0.3, -0.25) is 0 Å². The molecule has 2 rings (SSSR count). The van der Waals surface area contributed by atoms with Crippen LogP contribution in [-0.2, 0) is 6.54 Å². The molecule has 112 valence electrons. The lowest BCUT2D eigenvalue weighted by molar-refractivity contribution is 0.412.